The van der Waals surface area contributed by atoms with E-state index in [1.165, 1.54) is 12.8 Å². The standard InChI is InChI=1S/C12H19N3O/c13-12-11(3-1-6-15-12)14-7-2-8-16-9-10-4-5-10/h1,3,6,10,14H,2,4-5,7-9H2,(H2,13,15). The lowest BCUT2D eigenvalue weighted by Crippen LogP contribution is -2.08. The van der Waals surface area contributed by atoms with Gasteiger partial charge >= 0.3 is 0 Å². The lowest BCUT2D eigenvalue weighted by Gasteiger charge is -2.08. The summed E-state index contributed by atoms with van der Waals surface area (Å²) in [5.41, 5.74) is 6.61. The number of rotatable bonds is 7. The van der Waals surface area contributed by atoms with Crippen LogP contribution < -0.4 is 11.1 Å². The zero-order chi connectivity index (χ0) is 11.2. The molecule has 0 aromatic carbocycles. The van der Waals surface area contributed by atoms with Gasteiger partial charge in [0, 0.05) is 26.0 Å². The van der Waals surface area contributed by atoms with Crippen LogP contribution in [-0.2, 0) is 4.74 Å². The minimum atomic E-state index is 0.557. The second-order valence-corrected chi connectivity index (χ2v) is 4.23. The largest absolute Gasteiger partial charge is 0.382 e. The number of hydrogen-bond donors (Lipinski definition) is 2. The minimum Gasteiger partial charge on any atom is -0.382 e. The first-order valence-corrected chi connectivity index (χ1v) is 5.88. The Morgan fingerprint density at radius 3 is 3.12 bits per heavy atom. The molecule has 1 aromatic rings. The van der Waals surface area contributed by atoms with E-state index in [1.54, 1.807) is 6.20 Å². The van der Waals surface area contributed by atoms with Crippen LogP contribution in [0.5, 0.6) is 0 Å². The minimum absolute atomic E-state index is 0.557. The van der Waals surface area contributed by atoms with E-state index < -0.39 is 0 Å². The number of ether oxygens (including phenoxy) is 1. The molecule has 0 spiro atoms. The summed E-state index contributed by atoms with van der Waals surface area (Å²) in [6, 6.07) is 3.82. The monoisotopic (exact) mass is 221 g/mol. The summed E-state index contributed by atoms with van der Waals surface area (Å²) in [4.78, 5) is 4.01. The van der Waals surface area contributed by atoms with Crippen molar-refractivity contribution in [3.05, 3.63) is 18.3 Å². The number of nitrogens with one attached hydrogen (secondary N) is 1. The number of nitrogens with zero attached hydrogens (tertiary/aromatic N) is 1. The van der Waals surface area contributed by atoms with Crippen LogP contribution in [0.4, 0.5) is 11.5 Å². The molecule has 0 atom stereocenters. The number of nitrogen functional groups attached to an aromatic ring is 1. The Hall–Kier alpha value is -1.29. The van der Waals surface area contributed by atoms with Crippen molar-refractivity contribution in [3.8, 4) is 0 Å². The van der Waals surface area contributed by atoms with Crippen LogP contribution in [-0.4, -0.2) is 24.7 Å². The smallest absolute Gasteiger partial charge is 0.146 e. The van der Waals surface area contributed by atoms with Gasteiger partial charge < -0.3 is 15.8 Å². The normalized spacial score (nSPS) is 15.0. The lowest BCUT2D eigenvalue weighted by molar-refractivity contribution is 0.124. The van der Waals surface area contributed by atoms with Crippen molar-refractivity contribution in [2.45, 2.75) is 19.3 Å². The third kappa shape index (κ3) is 3.70. The highest BCUT2D eigenvalue weighted by Gasteiger charge is 2.20. The van der Waals surface area contributed by atoms with Crippen LogP contribution in [0.15, 0.2) is 18.3 Å². The average Bonchev–Trinajstić information content (AvgIpc) is 3.09. The third-order valence-corrected chi connectivity index (χ3v) is 2.67. The molecular weight excluding hydrogens is 202 g/mol. The first-order valence-electron chi connectivity index (χ1n) is 5.88. The van der Waals surface area contributed by atoms with Gasteiger partial charge in [0.05, 0.1) is 5.69 Å². The van der Waals surface area contributed by atoms with Crippen molar-refractivity contribution in [1.29, 1.82) is 0 Å². The molecule has 3 N–H and O–H groups in total. The first kappa shape index (κ1) is 11.2. The van der Waals surface area contributed by atoms with Crippen molar-refractivity contribution in [2.24, 2.45) is 5.92 Å². The molecule has 1 aliphatic carbocycles. The van der Waals surface area contributed by atoms with E-state index in [4.69, 9.17) is 10.5 Å². The molecule has 16 heavy (non-hydrogen) atoms. The van der Waals surface area contributed by atoms with Gasteiger partial charge in [-0.3, -0.25) is 0 Å². The van der Waals surface area contributed by atoms with E-state index in [-0.39, 0.29) is 0 Å². The van der Waals surface area contributed by atoms with Crippen LogP contribution >= 0.6 is 0 Å². The van der Waals surface area contributed by atoms with Crippen molar-refractivity contribution >= 4 is 11.5 Å². The maximum atomic E-state index is 5.70. The Morgan fingerprint density at radius 1 is 1.50 bits per heavy atom. The van der Waals surface area contributed by atoms with Gasteiger partial charge in [0.2, 0.25) is 0 Å². The number of aromatic nitrogens is 1. The summed E-state index contributed by atoms with van der Waals surface area (Å²) < 4.78 is 5.54. The maximum absolute atomic E-state index is 5.70. The molecule has 0 radical (unpaired) electrons. The molecule has 0 unspecified atom stereocenters. The molecule has 0 bridgehead atoms. The quantitative estimate of drug-likeness (QED) is 0.690. The van der Waals surface area contributed by atoms with E-state index in [0.29, 0.717) is 5.82 Å². The van der Waals surface area contributed by atoms with Gasteiger partial charge in [-0.1, -0.05) is 0 Å². The third-order valence-electron chi connectivity index (χ3n) is 2.67. The van der Waals surface area contributed by atoms with Gasteiger partial charge in [0.25, 0.3) is 0 Å². The zero-order valence-corrected chi connectivity index (χ0v) is 9.48. The maximum Gasteiger partial charge on any atom is 0.146 e. The van der Waals surface area contributed by atoms with Crippen molar-refractivity contribution in [2.75, 3.05) is 30.8 Å². The second kappa shape index (κ2) is 5.70. The Morgan fingerprint density at radius 2 is 2.38 bits per heavy atom. The van der Waals surface area contributed by atoms with Crippen molar-refractivity contribution in [3.63, 3.8) is 0 Å². The van der Waals surface area contributed by atoms with Gasteiger partial charge in [-0.2, -0.15) is 0 Å². The van der Waals surface area contributed by atoms with Crippen molar-refractivity contribution < 1.29 is 4.74 Å². The highest BCUT2D eigenvalue weighted by molar-refractivity contribution is 5.60. The molecule has 1 aromatic heterocycles. The van der Waals surface area contributed by atoms with Crippen LogP contribution in [0, 0.1) is 5.92 Å². The molecule has 0 saturated heterocycles. The zero-order valence-electron chi connectivity index (χ0n) is 9.48. The Labute approximate surface area is 96.2 Å². The molecule has 4 heteroatoms. The summed E-state index contributed by atoms with van der Waals surface area (Å²) in [7, 11) is 0. The molecule has 4 nitrogen and oxygen atoms in total. The summed E-state index contributed by atoms with van der Waals surface area (Å²) >= 11 is 0. The molecule has 1 heterocycles. The molecule has 0 amide bonds. The summed E-state index contributed by atoms with van der Waals surface area (Å²) in [5, 5.41) is 3.25. The van der Waals surface area contributed by atoms with E-state index in [0.717, 1.165) is 37.8 Å². The number of anilines is 2. The fraction of sp³-hybridized carbons (Fsp3) is 0.583. The highest BCUT2D eigenvalue weighted by atomic mass is 16.5. The molecular formula is C12H19N3O. The van der Waals surface area contributed by atoms with Crippen LogP contribution in [0.25, 0.3) is 0 Å². The van der Waals surface area contributed by atoms with Crippen LogP contribution in [0.1, 0.15) is 19.3 Å². The molecule has 1 saturated carbocycles. The molecule has 88 valence electrons. The number of nitrogens with two attached hydrogens (primary N) is 1. The van der Waals surface area contributed by atoms with Gasteiger partial charge in [-0.25, -0.2) is 4.98 Å². The van der Waals surface area contributed by atoms with Crippen molar-refractivity contribution in [1.82, 2.24) is 4.98 Å². The fourth-order valence-corrected chi connectivity index (χ4v) is 1.50. The highest BCUT2D eigenvalue weighted by Crippen LogP contribution is 2.28. The van der Waals surface area contributed by atoms with Crippen LogP contribution in [0.2, 0.25) is 0 Å². The van der Waals surface area contributed by atoms with Gasteiger partial charge in [-0.15, -0.1) is 0 Å². The lowest BCUT2D eigenvalue weighted by atomic mass is 10.3. The predicted octanol–water partition coefficient (Wildman–Crippen LogP) is 1.89. The Balaban J connectivity index is 1.55. The van der Waals surface area contributed by atoms with Gasteiger partial charge in [0.1, 0.15) is 5.82 Å². The molecule has 0 aliphatic heterocycles. The van der Waals surface area contributed by atoms with E-state index in [2.05, 4.69) is 10.3 Å². The topological polar surface area (TPSA) is 60.2 Å². The van der Waals surface area contributed by atoms with E-state index in [9.17, 15) is 0 Å². The number of hydrogen-bond acceptors (Lipinski definition) is 4. The SMILES string of the molecule is Nc1ncccc1NCCCOCC1CC1. The Kier molecular flexibility index (Phi) is 3.99. The molecule has 1 aliphatic rings. The number of pyridine rings is 1. The predicted molar refractivity (Wildman–Crippen MR) is 65.3 cm³/mol. The molecule has 1 fully saturated rings. The van der Waals surface area contributed by atoms with Crippen LogP contribution in [0.3, 0.4) is 0 Å². The first-order chi connectivity index (χ1) is 7.86. The average molecular weight is 221 g/mol. The van der Waals surface area contributed by atoms with Gasteiger partial charge in [0.15, 0.2) is 0 Å². The summed E-state index contributed by atoms with van der Waals surface area (Å²) in [6.07, 6.45) is 5.40. The fourth-order valence-electron chi connectivity index (χ4n) is 1.50. The summed E-state index contributed by atoms with van der Waals surface area (Å²) in [6.45, 7) is 2.64. The second-order valence-electron chi connectivity index (χ2n) is 4.23. The Bertz CT molecular complexity index is 326. The molecule has 2 rings (SSSR count). The van der Waals surface area contributed by atoms with E-state index in [1.807, 2.05) is 12.1 Å². The summed E-state index contributed by atoms with van der Waals surface area (Å²) in [5.74, 6) is 1.41. The van der Waals surface area contributed by atoms with Gasteiger partial charge in [-0.05, 0) is 37.3 Å². The van der Waals surface area contributed by atoms with E-state index >= 15 is 0 Å².